The Balaban J connectivity index is 1.95. The van der Waals surface area contributed by atoms with Gasteiger partial charge in [-0.2, -0.15) is 27.1 Å². The van der Waals surface area contributed by atoms with E-state index in [1.54, 1.807) is 0 Å². The van der Waals surface area contributed by atoms with Crippen LogP contribution in [0.2, 0.25) is 0 Å². The Morgan fingerprint density at radius 3 is 2.67 bits per heavy atom. The van der Waals surface area contributed by atoms with Crippen LogP contribution < -0.4 is 9.64 Å². The normalized spacial score (nSPS) is 14.6. The summed E-state index contributed by atoms with van der Waals surface area (Å²) in [6, 6.07) is 2.01. The molecule has 0 atom stereocenters. The maximum absolute atomic E-state index is 12.8. The number of hydrogen-bond acceptors (Lipinski definition) is 5. The number of amides is 1. The number of ether oxygens (including phenoxy) is 1. The van der Waals surface area contributed by atoms with Crippen LogP contribution in [-0.4, -0.2) is 39.6 Å². The van der Waals surface area contributed by atoms with Crippen molar-refractivity contribution in [3.8, 4) is 5.75 Å². The first-order valence-electron chi connectivity index (χ1n) is 7.75. The van der Waals surface area contributed by atoms with E-state index in [9.17, 15) is 26.7 Å². The number of hydrogen-bond donors (Lipinski definition) is 0. The second kappa shape index (κ2) is 7.33. The van der Waals surface area contributed by atoms with Gasteiger partial charge in [0.15, 0.2) is 5.69 Å². The van der Waals surface area contributed by atoms with Crippen LogP contribution >= 0.6 is 11.8 Å². The molecule has 1 amide bonds. The first-order valence-corrected chi connectivity index (χ1v) is 8.73. The highest BCUT2D eigenvalue weighted by Crippen LogP contribution is 2.35. The van der Waals surface area contributed by atoms with E-state index in [1.165, 1.54) is 22.7 Å². The number of halogens is 5. The minimum Gasteiger partial charge on any atom is -0.433 e. The molecule has 0 saturated heterocycles. The van der Waals surface area contributed by atoms with Gasteiger partial charge in [-0.1, -0.05) is 6.92 Å². The van der Waals surface area contributed by atoms with Crippen LogP contribution in [-0.2, 0) is 12.7 Å². The fourth-order valence-corrected chi connectivity index (χ4v) is 3.39. The summed E-state index contributed by atoms with van der Waals surface area (Å²) in [6.07, 6.45) is -3.62. The monoisotopic (exact) mass is 408 g/mol. The number of carbonyl (C=O) groups excluding carboxylic acids is 1. The molecule has 6 nitrogen and oxygen atoms in total. The maximum Gasteiger partial charge on any atom is 0.435 e. The third kappa shape index (κ3) is 3.99. The first-order chi connectivity index (χ1) is 12.7. The number of rotatable bonds is 5. The largest absolute Gasteiger partial charge is 0.435 e. The van der Waals surface area contributed by atoms with Crippen molar-refractivity contribution in [2.24, 2.45) is 0 Å². The summed E-state index contributed by atoms with van der Waals surface area (Å²) in [4.78, 5) is 18.3. The molecule has 12 heteroatoms. The van der Waals surface area contributed by atoms with Crippen molar-refractivity contribution in [2.45, 2.75) is 31.2 Å². The molecule has 0 spiro atoms. The third-order valence-corrected chi connectivity index (χ3v) is 4.56. The predicted molar refractivity (Wildman–Crippen MR) is 86.2 cm³/mol. The van der Waals surface area contributed by atoms with Crippen LogP contribution in [0, 0.1) is 0 Å². The number of fused-ring (bicyclic) bond motifs is 1. The minimum atomic E-state index is -4.66. The van der Waals surface area contributed by atoms with Crippen molar-refractivity contribution in [3.63, 3.8) is 0 Å². The molecule has 27 heavy (non-hydrogen) atoms. The van der Waals surface area contributed by atoms with Gasteiger partial charge in [-0.05, 0) is 11.8 Å². The Bertz CT molecular complexity index is 855. The maximum atomic E-state index is 12.8. The van der Waals surface area contributed by atoms with Gasteiger partial charge >= 0.3 is 12.8 Å². The number of pyridine rings is 1. The molecule has 0 aliphatic carbocycles. The molecule has 2 aromatic rings. The average molecular weight is 408 g/mol. The lowest BCUT2D eigenvalue weighted by Crippen LogP contribution is -2.41. The molecule has 3 rings (SSSR count). The van der Waals surface area contributed by atoms with Crippen LogP contribution in [0.4, 0.5) is 27.8 Å². The fourth-order valence-electron chi connectivity index (χ4n) is 2.59. The summed E-state index contributed by atoms with van der Waals surface area (Å²) in [5.74, 6) is -0.129. The molecule has 3 heterocycles. The number of anilines is 1. The van der Waals surface area contributed by atoms with Gasteiger partial charge < -0.3 is 4.74 Å². The molecule has 0 bridgehead atoms. The summed E-state index contributed by atoms with van der Waals surface area (Å²) >= 11 is 1.25. The second-order valence-electron chi connectivity index (χ2n) is 5.40. The van der Waals surface area contributed by atoms with E-state index in [4.69, 9.17) is 0 Å². The molecule has 146 valence electrons. The Kier molecular flexibility index (Phi) is 5.27. The standard InChI is InChI=1S/C15H13F5N4O2S/c1-2-27-10-5-8(26-14(16)17)7-21-12(10)23-3-4-24-9(13(23)25)6-11(22-24)15(18,19)20/h5-7,14H,2-4H2,1H3. The summed E-state index contributed by atoms with van der Waals surface area (Å²) in [5.41, 5.74) is -1.36. The Morgan fingerprint density at radius 2 is 2.04 bits per heavy atom. The van der Waals surface area contributed by atoms with E-state index < -0.39 is 24.4 Å². The van der Waals surface area contributed by atoms with Gasteiger partial charge in [0.1, 0.15) is 17.3 Å². The van der Waals surface area contributed by atoms with Crippen molar-refractivity contribution >= 4 is 23.5 Å². The zero-order chi connectivity index (χ0) is 19.8. The molecule has 0 fully saturated rings. The molecule has 0 unspecified atom stereocenters. The zero-order valence-electron chi connectivity index (χ0n) is 13.8. The van der Waals surface area contributed by atoms with E-state index in [0.717, 1.165) is 10.9 Å². The molecule has 1 aliphatic rings. The van der Waals surface area contributed by atoms with Crippen molar-refractivity contribution < 1.29 is 31.5 Å². The number of alkyl halides is 5. The van der Waals surface area contributed by atoms with Crippen molar-refractivity contribution in [1.29, 1.82) is 0 Å². The van der Waals surface area contributed by atoms with Gasteiger partial charge in [0, 0.05) is 12.6 Å². The topological polar surface area (TPSA) is 60.2 Å². The summed E-state index contributed by atoms with van der Waals surface area (Å²) in [7, 11) is 0. The van der Waals surface area contributed by atoms with Gasteiger partial charge in [0.2, 0.25) is 0 Å². The van der Waals surface area contributed by atoms with E-state index in [0.29, 0.717) is 16.7 Å². The molecular formula is C15H13F5N4O2S. The van der Waals surface area contributed by atoms with Gasteiger partial charge in [0.05, 0.1) is 17.6 Å². The lowest BCUT2D eigenvalue weighted by atomic mass is 10.2. The first kappa shape index (κ1) is 19.4. The highest BCUT2D eigenvalue weighted by molar-refractivity contribution is 7.99. The summed E-state index contributed by atoms with van der Waals surface area (Å²) < 4.78 is 68.6. The van der Waals surface area contributed by atoms with E-state index >= 15 is 0 Å². The molecule has 0 radical (unpaired) electrons. The smallest absolute Gasteiger partial charge is 0.433 e. The van der Waals surface area contributed by atoms with Crippen LogP contribution in [0.1, 0.15) is 23.1 Å². The molecule has 0 aromatic carbocycles. The molecular weight excluding hydrogens is 395 g/mol. The lowest BCUT2D eigenvalue weighted by Gasteiger charge is -2.28. The van der Waals surface area contributed by atoms with Gasteiger partial charge in [0.25, 0.3) is 5.91 Å². The highest BCUT2D eigenvalue weighted by Gasteiger charge is 2.38. The van der Waals surface area contributed by atoms with E-state index in [1.807, 2.05) is 6.92 Å². The fraction of sp³-hybridized carbons (Fsp3) is 0.400. The van der Waals surface area contributed by atoms with Crippen molar-refractivity contribution in [3.05, 3.63) is 29.7 Å². The number of thioether (sulfide) groups is 1. The van der Waals surface area contributed by atoms with Crippen LogP contribution in [0.3, 0.4) is 0 Å². The lowest BCUT2D eigenvalue weighted by molar-refractivity contribution is -0.141. The minimum absolute atomic E-state index is 0.0458. The highest BCUT2D eigenvalue weighted by atomic mass is 32.2. The molecule has 2 aromatic heterocycles. The zero-order valence-corrected chi connectivity index (χ0v) is 14.7. The predicted octanol–water partition coefficient (Wildman–Crippen LogP) is 3.67. The van der Waals surface area contributed by atoms with E-state index in [-0.39, 0.29) is 30.4 Å². The van der Waals surface area contributed by atoms with Gasteiger partial charge in [-0.25, -0.2) is 4.98 Å². The molecule has 1 aliphatic heterocycles. The molecule has 0 saturated carbocycles. The Labute approximate surface area is 154 Å². The summed E-state index contributed by atoms with van der Waals surface area (Å²) in [5, 5.41) is 3.42. The van der Waals surface area contributed by atoms with Gasteiger partial charge in [-0.3, -0.25) is 14.4 Å². The third-order valence-electron chi connectivity index (χ3n) is 3.66. The Hall–Kier alpha value is -2.37. The van der Waals surface area contributed by atoms with E-state index in [2.05, 4.69) is 14.8 Å². The number of aromatic nitrogens is 3. The SMILES string of the molecule is CCSc1cc(OC(F)F)cnc1N1CCn2nc(C(F)(F)F)cc2C1=O. The Morgan fingerprint density at radius 1 is 1.30 bits per heavy atom. The van der Waals surface area contributed by atoms with Crippen LogP contribution in [0.5, 0.6) is 5.75 Å². The van der Waals surface area contributed by atoms with Crippen LogP contribution in [0.15, 0.2) is 23.2 Å². The van der Waals surface area contributed by atoms with Crippen LogP contribution in [0.25, 0.3) is 0 Å². The molecule has 0 N–H and O–H groups in total. The number of carbonyl (C=O) groups is 1. The second-order valence-corrected chi connectivity index (χ2v) is 6.70. The average Bonchev–Trinajstić information content (AvgIpc) is 3.01. The van der Waals surface area contributed by atoms with Crippen molar-refractivity contribution in [2.75, 3.05) is 17.2 Å². The van der Waals surface area contributed by atoms with Gasteiger partial charge in [-0.15, -0.1) is 11.8 Å². The van der Waals surface area contributed by atoms with Crippen molar-refractivity contribution in [1.82, 2.24) is 14.8 Å². The quantitative estimate of drug-likeness (QED) is 0.558. The summed E-state index contributed by atoms with van der Waals surface area (Å²) in [6.45, 7) is -1.12. The number of nitrogens with zero attached hydrogens (tertiary/aromatic N) is 4.